The first-order chi connectivity index (χ1) is 3.06. The van der Waals surface area contributed by atoms with E-state index >= 15 is 0 Å². The predicted molar refractivity (Wildman–Crippen MR) is 39.3 cm³/mol. The van der Waals surface area contributed by atoms with Gasteiger partial charge in [0, 0.05) is 0 Å². The van der Waals surface area contributed by atoms with Gasteiger partial charge in [0.1, 0.15) is 0 Å². The van der Waals surface area contributed by atoms with Crippen LogP contribution in [0.1, 0.15) is 13.3 Å². The molecule has 0 heterocycles. The molecule has 0 aliphatic rings. The molecule has 1 atom stereocenters. The smallest absolute Gasteiger partial charge is 0.0218 e. The van der Waals surface area contributed by atoms with Crippen molar-refractivity contribution in [3.63, 3.8) is 0 Å². The molecule has 0 saturated carbocycles. The van der Waals surface area contributed by atoms with Gasteiger partial charge in [-0.05, 0) is 12.8 Å². The van der Waals surface area contributed by atoms with Gasteiger partial charge in [0.15, 0.2) is 0 Å². The lowest BCUT2D eigenvalue weighted by molar-refractivity contribution is 1.09. The molecule has 0 spiro atoms. The summed E-state index contributed by atoms with van der Waals surface area (Å²) >= 11 is 0. The molecule has 0 amide bonds. The Morgan fingerprint density at radius 1 is 1.71 bits per heavy atom. The van der Waals surface area contributed by atoms with Crippen LogP contribution < -0.4 is 5.50 Å². The van der Waals surface area contributed by atoms with Crippen molar-refractivity contribution in [2.24, 2.45) is 5.50 Å². The highest BCUT2D eigenvalue weighted by molar-refractivity contribution is 7.70. The van der Waals surface area contributed by atoms with E-state index in [0.717, 1.165) is 6.16 Å². The minimum Gasteiger partial charge on any atom is -0.311 e. The van der Waals surface area contributed by atoms with Gasteiger partial charge in [0.25, 0.3) is 0 Å². The first-order valence-corrected chi connectivity index (χ1v) is 5.22. The zero-order chi connectivity index (χ0) is 5.91. The van der Waals surface area contributed by atoms with Gasteiger partial charge < -0.3 is 5.50 Å². The third-order valence-corrected chi connectivity index (χ3v) is 2.20. The molecule has 0 fully saturated rings. The Morgan fingerprint density at radius 2 is 2.14 bits per heavy atom. The molecule has 0 aromatic heterocycles. The maximum absolute atomic E-state index is 5.65. The third kappa shape index (κ3) is 6.26. The lowest BCUT2D eigenvalue weighted by Gasteiger charge is -2.08. The minimum absolute atomic E-state index is 1.12. The first-order valence-electron chi connectivity index (χ1n) is 2.54. The maximum atomic E-state index is 5.65. The Labute approximate surface area is 45.9 Å². The van der Waals surface area contributed by atoms with Crippen LogP contribution in [0.25, 0.3) is 0 Å². The van der Waals surface area contributed by atoms with Crippen LogP contribution in [-0.4, -0.2) is 19.1 Å². The fourth-order valence-electron chi connectivity index (χ4n) is 0.511. The molecule has 0 aromatic rings. The van der Waals surface area contributed by atoms with Gasteiger partial charge in [0.2, 0.25) is 0 Å². The molecule has 0 radical (unpaired) electrons. The highest BCUT2D eigenvalue weighted by atomic mass is 31.2. The van der Waals surface area contributed by atoms with Gasteiger partial charge in [-0.2, -0.15) is 0 Å². The summed E-state index contributed by atoms with van der Waals surface area (Å²) in [6.07, 6.45) is 6.14. The maximum Gasteiger partial charge on any atom is -0.0218 e. The van der Waals surface area contributed by atoms with Crippen LogP contribution in [0.3, 0.4) is 0 Å². The molecule has 2 heteroatoms. The van der Waals surface area contributed by atoms with Gasteiger partial charge in [-0.1, -0.05) is 26.7 Å². The molecule has 0 rings (SSSR count). The van der Waals surface area contributed by atoms with E-state index in [9.17, 15) is 0 Å². The second-order valence-corrected chi connectivity index (χ2v) is 5.61. The van der Waals surface area contributed by atoms with E-state index in [1.54, 1.807) is 0 Å². The molecule has 0 saturated heterocycles. The topological polar surface area (TPSA) is 26.0 Å². The molecule has 44 valence electrons. The molecule has 0 bridgehead atoms. The second-order valence-electron chi connectivity index (χ2n) is 2.20. The standard InChI is InChI=1S/C5H14NP/c1-4-5-7(2,3)6/h2,4-6H2,1,3H3. The fraction of sp³-hybridized carbons (Fsp3) is 0.800. The van der Waals surface area contributed by atoms with E-state index in [2.05, 4.69) is 19.9 Å². The van der Waals surface area contributed by atoms with Gasteiger partial charge in [-0.25, -0.2) is 0 Å². The highest BCUT2D eigenvalue weighted by Gasteiger charge is 1.93. The average molecular weight is 119 g/mol. The normalized spacial score (nSPS) is 18.7. The van der Waals surface area contributed by atoms with E-state index < -0.39 is 7.04 Å². The molecular formula is C5H14NP. The number of hydrogen-bond donors (Lipinski definition) is 1. The lowest BCUT2D eigenvalue weighted by Crippen LogP contribution is -1.95. The van der Waals surface area contributed by atoms with Crippen LogP contribution in [0, 0.1) is 0 Å². The molecule has 2 N–H and O–H groups in total. The van der Waals surface area contributed by atoms with Crippen LogP contribution in [-0.2, 0) is 0 Å². The minimum atomic E-state index is -1.17. The third-order valence-electron chi connectivity index (χ3n) is 0.734. The van der Waals surface area contributed by atoms with Crippen molar-refractivity contribution in [1.82, 2.24) is 0 Å². The molecule has 0 aliphatic heterocycles. The van der Waals surface area contributed by atoms with E-state index in [1.807, 2.05) is 0 Å². The Balaban J connectivity index is 3.36. The Kier molecular flexibility index (Phi) is 2.63. The summed E-state index contributed by atoms with van der Waals surface area (Å²) < 4.78 is 0. The van der Waals surface area contributed by atoms with Gasteiger partial charge in [0.05, 0.1) is 0 Å². The summed E-state index contributed by atoms with van der Waals surface area (Å²) in [7, 11) is -1.17. The van der Waals surface area contributed by atoms with E-state index in [1.165, 1.54) is 6.42 Å². The number of hydrogen-bond acceptors (Lipinski definition) is 1. The van der Waals surface area contributed by atoms with Crippen LogP contribution in [0.4, 0.5) is 0 Å². The number of nitrogens with two attached hydrogens (primary N) is 1. The highest BCUT2D eigenvalue weighted by Crippen LogP contribution is 2.29. The summed E-state index contributed by atoms with van der Waals surface area (Å²) in [5, 5.41) is 0. The summed E-state index contributed by atoms with van der Waals surface area (Å²) in [4.78, 5) is 0. The van der Waals surface area contributed by atoms with Crippen LogP contribution in [0.15, 0.2) is 0 Å². The summed E-state index contributed by atoms with van der Waals surface area (Å²) in [5.41, 5.74) is 5.65. The quantitative estimate of drug-likeness (QED) is 0.545. The average Bonchev–Trinajstić information content (AvgIpc) is 1.30. The van der Waals surface area contributed by atoms with E-state index in [0.29, 0.717) is 0 Å². The van der Waals surface area contributed by atoms with Crippen molar-refractivity contribution in [2.75, 3.05) is 12.8 Å². The molecule has 1 unspecified atom stereocenters. The Morgan fingerprint density at radius 3 is 2.14 bits per heavy atom. The summed E-state index contributed by atoms with van der Waals surface area (Å²) in [6, 6.07) is 0. The lowest BCUT2D eigenvalue weighted by atomic mass is 10.6. The monoisotopic (exact) mass is 119 g/mol. The van der Waals surface area contributed by atoms with Crippen LogP contribution in [0.2, 0.25) is 0 Å². The zero-order valence-corrected chi connectivity index (χ0v) is 6.04. The van der Waals surface area contributed by atoms with Crippen molar-refractivity contribution in [3.05, 3.63) is 0 Å². The van der Waals surface area contributed by atoms with Crippen molar-refractivity contribution in [1.29, 1.82) is 0 Å². The molecule has 7 heavy (non-hydrogen) atoms. The van der Waals surface area contributed by atoms with Crippen LogP contribution >= 0.6 is 7.04 Å². The first kappa shape index (κ1) is 7.26. The SMILES string of the molecule is C=P(C)(N)CCC. The van der Waals surface area contributed by atoms with Crippen molar-refractivity contribution >= 4 is 13.3 Å². The molecule has 0 aromatic carbocycles. The largest absolute Gasteiger partial charge is 0.311 e. The summed E-state index contributed by atoms with van der Waals surface area (Å²) in [6.45, 7) is 4.19. The van der Waals surface area contributed by atoms with Gasteiger partial charge >= 0.3 is 0 Å². The van der Waals surface area contributed by atoms with Crippen molar-refractivity contribution in [2.45, 2.75) is 13.3 Å². The Hall–Kier alpha value is 0.260. The van der Waals surface area contributed by atoms with Crippen LogP contribution in [0.5, 0.6) is 0 Å². The van der Waals surface area contributed by atoms with E-state index in [-0.39, 0.29) is 0 Å². The van der Waals surface area contributed by atoms with E-state index in [4.69, 9.17) is 5.50 Å². The van der Waals surface area contributed by atoms with Gasteiger partial charge in [-0.15, -0.1) is 0 Å². The molecule has 1 nitrogen and oxygen atoms in total. The number of rotatable bonds is 2. The Bertz CT molecular complexity index is 82.1. The van der Waals surface area contributed by atoms with Crippen molar-refractivity contribution in [3.8, 4) is 0 Å². The zero-order valence-electron chi connectivity index (χ0n) is 5.15. The molecule has 0 aliphatic carbocycles. The fourth-order valence-corrected chi connectivity index (χ4v) is 1.53. The second kappa shape index (κ2) is 2.54. The summed E-state index contributed by atoms with van der Waals surface area (Å²) in [5.74, 6) is 0. The van der Waals surface area contributed by atoms with Crippen molar-refractivity contribution < 1.29 is 0 Å². The predicted octanol–water partition coefficient (Wildman–Crippen LogP) is 1.35. The molecular weight excluding hydrogens is 105 g/mol. The van der Waals surface area contributed by atoms with Gasteiger partial charge in [-0.3, -0.25) is 0 Å².